The summed E-state index contributed by atoms with van der Waals surface area (Å²) in [5.74, 6) is -0.839. The molecule has 0 fully saturated rings. The van der Waals surface area contributed by atoms with Crippen molar-refractivity contribution in [2.24, 2.45) is 0 Å². The summed E-state index contributed by atoms with van der Waals surface area (Å²) in [6.07, 6.45) is 1.90. The van der Waals surface area contributed by atoms with Gasteiger partial charge in [-0.25, -0.2) is 0 Å². The number of nitrogens with zero attached hydrogens (tertiary/aromatic N) is 2. The van der Waals surface area contributed by atoms with Crippen LogP contribution < -0.4 is 10.9 Å². The molecule has 8 heteroatoms. The van der Waals surface area contributed by atoms with Gasteiger partial charge in [0.05, 0.1) is 16.3 Å². The number of hydrazine groups is 1. The van der Waals surface area contributed by atoms with Crippen molar-refractivity contribution in [3.05, 3.63) is 46.2 Å². The molecule has 2 aromatic rings. The van der Waals surface area contributed by atoms with Crippen LogP contribution >= 0.6 is 23.4 Å². The van der Waals surface area contributed by atoms with E-state index >= 15 is 0 Å². The van der Waals surface area contributed by atoms with Gasteiger partial charge in [-0.1, -0.05) is 11.6 Å². The molecule has 1 aromatic heterocycles. The van der Waals surface area contributed by atoms with Crippen LogP contribution in [0.15, 0.2) is 29.2 Å². The van der Waals surface area contributed by atoms with Gasteiger partial charge in [-0.15, -0.1) is 11.8 Å². The summed E-state index contributed by atoms with van der Waals surface area (Å²) >= 11 is 7.52. The maximum atomic E-state index is 12.1. The lowest BCUT2D eigenvalue weighted by atomic mass is 10.2. The maximum Gasteiger partial charge on any atom is 0.271 e. The van der Waals surface area contributed by atoms with E-state index in [4.69, 9.17) is 11.6 Å². The third kappa shape index (κ3) is 4.49. The summed E-state index contributed by atoms with van der Waals surface area (Å²) < 4.78 is 1.57. The lowest BCUT2D eigenvalue weighted by molar-refractivity contribution is -0.122. The van der Waals surface area contributed by atoms with E-state index in [1.165, 1.54) is 11.8 Å². The topological polar surface area (TPSA) is 76.0 Å². The zero-order chi connectivity index (χ0) is 17.0. The van der Waals surface area contributed by atoms with Crippen molar-refractivity contribution in [3.8, 4) is 0 Å². The van der Waals surface area contributed by atoms with Crippen LogP contribution in [0.3, 0.4) is 0 Å². The first kappa shape index (κ1) is 17.4. The van der Waals surface area contributed by atoms with Crippen LogP contribution in [0, 0.1) is 13.8 Å². The van der Waals surface area contributed by atoms with Crippen molar-refractivity contribution < 1.29 is 9.59 Å². The zero-order valence-electron chi connectivity index (χ0n) is 13.0. The molecule has 0 saturated heterocycles. The summed E-state index contributed by atoms with van der Waals surface area (Å²) in [5.41, 5.74) is 6.75. The molecule has 0 aliphatic rings. The molecule has 0 aliphatic heterocycles. The Morgan fingerprint density at radius 3 is 2.61 bits per heavy atom. The summed E-state index contributed by atoms with van der Waals surface area (Å²) in [6, 6.07) is 7.03. The third-order valence-corrected chi connectivity index (χ3v) is 4.19. The summed E-state index contributed by atoms with van der Waals surface area (Å²) in [5, 5.41) is 4.52. The number of hydrogen-bond acceptors (Lipinski definition) is 4. The molecule has 0 atom stereocenters. The number of hydrogen-bond donors (Lipinski definition) is 2. The van der Waals surface area contributed by atoms with E-state index < -0.39 is 5.91 Å². The van der Waals surface area contributed by atoms with Gasteiger partial charge >= 0.3 is 0 Å². The predicted octanol–water partition coefficient (Wildman–Crippen LogP) is 2.34. The minimum Gasteiger partial charge on any atom is -0.271 e. The number of aryl methyl sites for hydroxylation is 2. The molecule has 0 unspecified atom stereocenters. The standard InChI is InChI=1S/C15H17ClN4O2S/c1-9-6-10(2)20(19-9)8-14(21)17-18-15(22)12-7-11(23-3)4-5-13(12)16/h4-7H,8H2,1-3H3,(H,17,21)(H,18,22). The predicted molar refractivity (Wildman–Crippen MR) is 90.5 cm³/mol. The second-order valence-electron chi connectivity index (χ2n) is 4.93. The van der Waals surface area contributed by atoms with Gasteiger partial charge in [0.2, 0.25) is 0 Å². The fourth-order valence-corrected chi connectivity index (χ4v) is 2.65. The Morgan fingerprint density at radius 1 is 1.26 bits per heavy atom. The molecule has 2 rings (SSSR count). The number of benzene rings is 1. The highest BCUT2D eigenvalue weighted by Gasteiger charge is 2.13. The Morgan fingerprint density at radius 2 is 2.00 bits per heavy atom. The average molecular weight is 353 g/mol. The van der Waals surface area contributed by atoms with E-state index in [1.54, 1.807) is 16.8 Å². The Balaban J connectivity index is 1.96. The molecule has 0 spiro atoms. The first-order chi connectivity index (χ1) is 10.9. The summed E-state index contributed by atoms with van der Waals surface area (Å²) in [4.78, 5) is 24.9. The highest BCUT2D eigenvalue weighted by Crippen LogP contribution is 2.22. The highest BCUT2D eigenvalue weighted by atomic mass is 35.5. The SMILES string of the molecule is CSc1ccc(Cl)c(C(=O)NNC(=O)Cn2nc(C)cc2C)c1. The molecule has 6 nitrogen and oxygen atoms in total. The minimum atomic E-state index is -0.465. The number of amides is 2. The lowest BCUT2D eigenvalue weighted by Crippen LogP contribution is -2.43. The highest BCUT2D eigenvalue weighted by molar-refractivity contribution is 7.98. The van der Waals surface area contributed by atoms with Crippen LogP contribution in [0.1, 0.15) is 21.7 Å². The number of carbonyl (C=O) groups excluding carboxylic acids is 2. The fraction of sp³-hybridized carbons (Fsp3) is 0.267. The maximum absolute atomic E-state index is 12.1. The van der Waals surface area contributed by atoms with E-state index in [0.717, 1.165) is 16.3 Å². The van der Waals surface area contributed by atoms with E-state index in [9.17, 15) is 9.59 Å². The Labute approximate surface area is 143 Å². The van der Waals surface area contributed by atoms with Crippen LogP contribution in [0.4, 0.5) is 0 Å². The quantitative estimate of drug-likeness (QED) is 0.654. The minimum absolute atomic E-state index is 0.0263. The van der Waals surface area contributed by atoms with Gasteiger partial charge in [0.15, 0.2) is 0 Å². The van der Waals surface area contributed by atoms with Crippen molar-refractivity contribution in [2.75, 3.05) is 6.26 Å². The van der Waals surface area contributed by atoms with Gasteiger partial charge in [-0.2, -0.15) is 5.10 Å². The number of halogens is 1. The lowest BCUT2D eigenvalue weighted by Gasteiger charge is -2.10. The first-order valence-corrected chi connectivity index (χ1v) is 8.44. The van der Waals surface area contributed by atoms with E-state index in [0.29, 0.717) is 10.6 Å². The molecule has 1 aromatic carbocycles. The molecule has 1 heterocycles. The molecular weight excluding hydrogens is 336 g/mol. The molecule has 2 N–H and O–H groups in total. The average Bonchev–Trinajstić information content (AvgIpc) is 2.83. The van der Waals surface area contributed by atoms with E-state index in [-0.39, 0.29) is 12.5 Å². The normalized spacial score (nSPS) is 10.4. The van der Waals surface area contributed by atoms with Crippen molar-refractivity contribution in [3.63, 3.8) is 0 Å². The van der Waals surface area contributed by atoms with Crippen molar-refractivity contribution in [1.82, 2.24) is 20.6 Å². The van der Waals surface area contributed by atoms with Crippen LogP contribution in [-0.4, -0.2) is 27.9 Å². The third-order valence-electron chi connectivity index (χ3n) is 3.13. The van der Waals surface area contributed by atoms with Gasteiger partial charge < -0.3 is 0 Å². The number of thioether (sulfide) groups is 1. The van der Waals surface area contributed by atoms with Gasteiger partial charge in [0, 0.05) is 10.6 Å². The molecular formula is C15H17ClN4O2S. The Bertz CT molecular complexity index is 745. The number of rotatable bonds is 4. The molecule has 23 heavy (non-hydrogen) atoms. The molecule has 2 amide bonds. The largest absolute Gasteiger partial charge is 0.271 e. The van der Waals surface area contributed by atoms with Gasteiger partial charge in [-0.05, 0) is 44.4 Å². The van der Waals surface area contributed by atoms with Crippen LogP contribution in [0.25, 0.3) is 0 Å². The van der Waals surface area contributed by atoms with Crippen molar-refractivity contribution in [2.45, 2.75) is 25.3 Å². The molecule has 0 saturated carbocycles. The Hall–Kier alpha value is -1.99. The zero-order valence-corrected chi connectivity index (χ0v) is 14.6. The Kier molecular flexibility index (Phi) is 5.68. The van der Waals surface area contributed by atoms with Gasteiger partial charge in [0.1, 0.15) is 6.54 Å². The number of aromatic nitrogens is 2. The first-order valence-electron chi connectivity index (χ1n) is 6.84. The smallest absolute Gasteiger partial charge is 0.271 e. The molecule has 0 radical (unpaired) electrons. The molecule has 0 bridgehead atoms. The van der Waals surface area contributed by atoms with Crippen molar-refractivity contribution in [1.29, 1.82) is 0 Å². The second-order valence-corrected chi connectivity index (χ2v) is 6.22. The van der Waals surface area contributed by atoms with Gasteiger partial charge in [-0.3, -0.25) is 25.1 Å². The summed E-state index contributed by atoms with van der Waals surface area (Å²) in [6.45, 7) is 3.74. The second kappa shape index (κ2) is 7.52. The summed E-state index contributed by atoms with van der Waals surface area (Å²) in [7, 11) is 0. The molecule has 0 aliphatic carbocycles. The molecule has 122 valence electrons. The van der Waals surface area contributed by atoms with E-state index in [2.05, 4.69) is 16.0 Å². The fourth-order valence-electron chi connectivity index (χ4n) is 2.01. The van der Waals surface area contributed by atoms with Gasteiger partial charge in [0.25, 0.3) is 11.8 Å². The van der Waals surface area contributed by atoms with Crippen molar-refractivity contribution >= 4 is 35.2 Å². The monoisotopic (exact) mass is 352 g/mol. The van der Waals surface area contributed by atoms with Crippen LogP contribution in [0.5, 0.6) is 0 Å². The number of nitrogens with one attached hydrogen (secondary N) is 2. The number of carbonyl (C=O) groups is 2. The van der Waals surface area contributed by atoms with Crippen LogP contribution in [0.2, 0.25) is 5.02 Å². The van der Waals surface area contributed by atoms with E-state index in [1.807, 2.05) is 32.2 Å². The van der Waals surface area contributed by atoms with Crippen LogP contribution in [-0.2, 0) is 11.3 Å².